The van der Waals surface area contributed by atoms with Gasteiger partial charge >= 0.3 is 0 Å². The standard InChI is InChI=1S/C13H26N4/c1-3-5-6-7-8-13(16-14)12-10-15-17(11-12)9-4-2/h10-11,13,16H,3-9,14H2,1-2H3. The Balaban J connectivity index is 2.42. The summed E-state index contributed by atoms with van der Waals surface area (Å²) in [5, 5.41) is 4.34. The third kappa shape index (κ3) is 4.88. The Morgan fingerprint density at radius 1 is 1.29 bits per heavy atom. The molecular weight excluding hydrogens is 212 g/mol. The second-order valence-corrected chi connectivity index (χ2v) is 4.61. The van der Waals surface area contributed by atoms with Gasteiger partial charge in [0.2, 0.25) is 0 Å². The molecule has 1 unspecified atom stereocenters. The Kier molecular flexibility index (Phi) is 6.89. The quantitative estimate of drug-likeness (QED) is 0.395. The molecule has 3 N–H and O–H groups in total. The van der Waals surface area contributed by atoms with Crippen molar-refractivity contribution in [1.29, 1.82) is 0 Å². The molecule has 1 atom stereocenters. The van der Waals surface area contributed by atoms with E-state index in [9.17, 15) is 0 Å². The summed E-state index contributed by atoms with van der Waals surface area (Å²) in [6.07, 6.45) is 11.3. The van der Waals surface area contributed by atoms with E-state index in [2.05, 4.69) is 30.6 Å². The van der Waals surface area contributed by atoms with Crippen molar-refractivity contribution < 1.29 is 0 Å². The number of hydrazine groups is 1. The molecule has 0 radical (unpaired) electrons. The summed E-state index contributed by atoms with van der Waals surface area (Å²) in [4.78, 5) is 0. The van der Waals surface area contributed by atoms with Gasteiger partial charge in [-0.3, -0.25) is 16.0 Å². The normalized spacial score (nSPS) is 12.9. The largest absolute Gasteiger partial charge is 0.272 e. The highest BCUT2D eigenvalue weighted by Crippen LogP contribution is 2.18. The van der Waals surface area contributed by atoms with Crippen LogP contribution >= 0.6 is 0 Å². The van der Waals surface area contributed by atoms with E-state index in [0.717, 1.165) is 19.4 Å². The summed E-state index contributed by atoms with van der Waals surface area (Å²) in [6.45, 7) is 5.37. The van der Waals surface area contributed by atoms with E-state index in [0.29, 0.717) is 0 Å². The van der Waals surface area contributed by atoms with Gasteiger partial charge in [-0.1, -0.05) is 39.5 Å². The number of unbranched alkanes of at least 4 members (excludes halogenated alkanes) is 3. The van der Waals surface area contributed by atoms with Gasteiger partial charge in [0.15, 0.2) is 0 Å². The first-order valence-electron chi connectivity index (χ1n) is 6.80. The zero-order chi connectivity index (χ0) is 12.5. The molecule has 4 nitrogen and oxygen atoms in total. The molecule has 98 valence electrons. The predicted molar refractivity (Wildman–Crippen MR) is 71.3 cm³/mol. The Morgan fingerprint density at radius 3 is 2.76 bits per heavy atom. The van der Waals surface area contributed by atoms with E-state index in [-0.39, 0.29) is 6.04 Å². The molecule has 4 heteroatoms. The molecule has 17 heavy (non-hydrogen) atoms. The van der Waals surface area contributed by atoms with Crippen LogP contribution in [-0.2, 0) is 6.54 Å². The molecule has 0 aliphatic rings. The van der Waals surface area contributed by atoms with Crippen LogP contribution in [0.25, 0.3) is 0 Å². The maximum Gasteiger partial charge on any atom is 0.0538 e. The number of aryl methyl sites for hydroxylation is 1. The van der Waals surface area contributed by atoms with E-state index < -0.39 is 0 Å². The van der Waals surface area contributed by atoms with Gasteiger partial charge in [-0.05, 0) is 12.8 Å². The fourth-order valence-electron chi connectivity index (χ4n) is 2.03. The summed E-state index contributed by atoms with van der Waals surface area (Å²) in [5.74, 6) is 5.62. The van der Waals surface area contributed by atoms with Gasteiger partial charge in [-0.15, -0.1) is 0 Å². The predicted octanol–water partition coefficient (Wildman–Crippen LogP) is 2.77. The maximum atomic E-state index is 5.62. The number of nitrogens with one attached hydrogen (secondary N) is 1. The van der Waals surface area contributed by atoms with E-state index in [1.165, 1.54) is 31.2 Å². The molecule has 1 rings (SSSR count). The van der Waals surface area contributed by atoms with Gasteiger partial charge in [0.25, 0.3) is 0 Å². The lowest BCUT2D eigenvalue weighted by Gasteiger charge is -2.13. The van der Waals surface area contributed by atoms with Crippen LogP contribution in [0, 0.1) is 0 Å². The molecule has 0 bridgehead atoms. The molecule has 0 saturated carbocycles. The number of rotatable bonds is 9. The molecule has 1 aromatic heterocycles. The smallest absolute Gasteiger partial charge is 0.0538 e. The average Bonchev–Trinajstić information content (AvgIpc) is 2.78. The molecule has 0 aromatic carbocycles. The van der Waals surface area contributed by atoms with Crippen molar-refractivity contribution in [1.82, 2.24) is 15.2 Å². The molecule has 1 aromatic rings. The zero-order valence-corrected chi connectivity index (χ0v) is 11.2. The Labute approximate surface area is 105 Å². The summed E-state index contributed by atoms with van der Waals surface area (Å²) in [6, 6.07) is 0.248. The lowest BCUT2D eigenvalue weighted by Crippen LogP contribution is -2.27. The number of hydrogen-bond donors (Lipinski definition) is 2. The Morgan fingerprint density at radius 2 is 2.12 bits per heavy atom. The third-order valence-electron chi connectivity index (χ3n) is 3.06. The highest BCUT2D eigenvalue weighted by Gasteiger charge is 2.11. The molecule has 0 amide bonds. The second kappa shape index (κ2) is 8.25. The number of aromatic nitrogens is 2. The van der Waals surface area contributed by atoms with Crippen molar-refractivity contribution in [3.63, 3.8) is 0 Å². The number of nitrogens with zero attached hydrogens (tertiary/aromatic N) is 2. The highest BCUT2D eigenvalue weighted by molar-refractivity contribution is 5.09. The van der Waals surface area contributed by atoms with Crippen LogP contribution in [0.5, 0.6) is 0 Å². The summed E-state index contributed by atoms with van der Waals surface area (Å²) >= 11 is 0. The van der Waals surface area contributed by atoms with Gasteiger partial charge < -0.3 is 0 Å². The molecule has 0 aliphatic carbocycles. The lowest BCUT2D eigenvalue weighted by molar-refractivity contribution is 0.481. The van der Waals surface area contributed by atoms with Crippen molar-refractivity contribution in [2.75, 3.05) is 0 Å². The lowest BCUT2D eigenvalue weighted by atomic mass is 10.0. The SMILES string of the molecule is CCCCCCC(NN)c1cnn(CCC)c1. The van der Waals surface area contributed by atoms with Crippen molar-refractivity contribution in [2.45, 2.75) is 65.0 Å². The van der Waals surface area contributed by atoms with Crippen molar-refractivity contribution in [3.05, 3.63) is 18.0 Å². The molecule has 1 heterocycles. The molecule has 0 aliphatic heterocycles. The van der Waals surface area contributed by atoms with Crippen LogP contribution in [0.3, 0.4) is 0 Å². The van der Waals surface area contributed by atoms with Crippen molar-refractivity contribution in [3.8, 4) is 0 Å². The first-order chi connectivity index (χ1) is 8.31. The summed E-state index contributed by atoms with van der Waals surface area (Å²) < 4.78 is 1.99. The molecule has 0 saturated heterocycles. The van der Waals surface area contributed by atoms with E-state index >= 15 is 0 Å². The minimum atomic E-state index is 0.248. The first kappa shape index (κ1) is 14.2. The van der Waals surface area contributed by atoms with Crippen LogP contribution in [0.4, 0.5) is 0 Å². The third-order valence-corrected chi connectivity index (χ3v) is 3.06. The van der Waals surface area contributed by atoms with Gasteiger partial charge in [0.1, 0.15) is 0 Å². The molecule has 0 spiro atoms. The summed E-state index contributed by atoms with van der Waals surface area (Å²) in [5.41, 5.74) is 4.10. The van der Waals surface area contributed by atoms with Crippen LogP contribution in [-0.4, -0.2) is 9.78 Å². The first-order valence-corrected chi connectivity index (χ1v) is 6.80. The van der Waals surface area contributed by atoms with Gasteiger partial charge in [0, 0.05) is 24.3 Å². The Bertz CT molecular complexity index is 295. The number of nitrogens with two attached hydrogens (primary N) is 1. The maximum absolute atomic E-state index is 5.62. The topological polar surface area (TPSA) is 55.9 Å². The van der Waals surface area contributed by atoms with Crippen LogP contribution in [0.15, 0.2) is 12.4 Å². The van der Waals surface area contributed by atoms with Gasteiger partial charge in [-0.25, -0.2) is 0 Å². The second-order valence-electron chi connectivity index (χ2n) is 4.61. The molecule has 0 fully saturated rings. The van der Waals surface area contributed by atoms with Gasteiger partial charge in [-0.2, -0.15) is 5.10 Å². The number of hydrogen-bond acceptors (Lipinski definition) is 3. The minimum Gasteiger partial charge on any atom is -0.272 e. The monoisotopic (exact) mass is 238 g/mol. The van der Waals surface area contributed by atoms with Crippen LogP contribution in [0.1, 0.15) is 64.0 Å². The van der Waals surface area contributed by atoms with E-state index in [4.69, 9.17) is 5.84 Å². The highest BCUT2D eigenvalue weighted by atomic mass is 15.3. The fraction of sp³-hybridized carbons (Fsp3) is 0.769. The van der Waals surface area contributed by atoms with Crippen LogP contribution < -0.4 is 11.3 Å². The van der Waals surface area contributed by atoms with E-state index in [1.54, 1.807) is 0 Å². The Hall–Kier alpha value is -0.870. The summed E-state index contributed by atoms with van der Waals surface area (Å²) in [7, 11) is 0. The zero-order valence-electron chi connectivity index (χ0n) is 11.2. The minimum absolute atomic E-state index is 0.248. The van der Waals surface area contributed by atoms with E-state index in [1.807, 2.05) is 10.9 Å². The fourth-order valence-corrected chi connectivity index (χ4v) is 2.03. The van der Waals surface area contributed by atoms with Gasteiger partial charge in [0.05, 0.1) is 6.20 Å². The molecular formula is C13H26N4. The van der Waals surface area contributed by atoms with Crippen molar-refractivity contribution >= 4 is 0 Å². The van der Waals surface area contributed by atoms with Crippen molar-refractivity contribution in [2.24, 2.45) is 5.84 Å². The average molecular weight is 238 g/mol. The van der Waals surface area contributed by atoms with Crippen LogP contribution in [0.2, 0.25) is 0 Å².